The van der Waals surface area contributed by atoms with Crippen molar-refractivity contribution in [3.63, 3.8) is 0 Å². The van der Waals surface area contributed by atoms with Crippen molar-refractivity contribution >= 4 is 5.90 Å². The summed E-state index contributed by atoms with van der Waals surface area (Å²) in [5.41, 5.74) is -3.23. The average molecular weight is 328 g/mol. The van der Waals surface area contributed by atoms with Gasteiger partial charge in [-0.25, -0.2) is 0 Å². The van der Waals surface area contributed by atoms with E-state index in [-0.39, 0.29) is 5.90 Å². The highest BCUT2D eigenvalue weighted by Gasteiger charge is 2.74. The van der Waals surface area contributed by atoms with Gasteiger partial charge in [0.1, 0.15) is 0 Å². The molecule has 4 atom stereocenters. The minimum absolute atomic E-state index is 0.280. The molecule has 0 radical (unpaired) electrons. The normalized spacial score (nSPS) is 33.1. The number of nitrogens with one attached hydrogen (secondary N) is 1. The molecule has 2 bridgehead atoms. The summed E-state index contributed by atoms with van der Waals surface area (Å²) in [6.07, 6.45) is 4.26. The standard InChI is InChI=1S/C18H24N4O2/c1-3-5-7-9-14-17(10-19,11-20)18(12-21)13(8-6-4-2)15(23-14)24-16(18)22/h13-15,22H,3-9H2,1-2H3/t13-,14-,15+,18-/m1/s1. The second-order valence-electron chi connectivity index (χ2n) is 6.64. The van der Waals surface area contributed by atoms with Crippen molar-refractivity contribution in [2.45, 2.75) is 71.2 Å². The van der Waals surface area contributed by atoms with Crippen LogP contribution in [-0.2, 0) is 9.47 Å². The second-order valence-corrected chi connectivity index (χ2v) is 6.64. The Kier molecular flexibility index (Phi) is 5.47. The van der Waals surface area contributed by atoms with Crippen LogP contribution in [0.25, 0.3) is 0 Å². The first-order chi connectivity index (χ1) is 11.6. The van der Waals surface area contributed by atoms with E-state index in [2.05, 4.69) is 25.1 Å². The topological polar surface area (TPSA) is 114 Å². The predicted molar refractivity (Wildman–Crippen MR) is 86.3 cm³/mol. The van der Waals surface area contributed by atoms with Crippen LogP contribution < -0.4 is 0 Å². The third kappa shape index (κ3) is 2.36. The molecule has 24 heavy (non-hydrogen) atoms. The van der Waals surface area contributed by atoms with E-state index in [1.165, 1.54) is 0 Å². The Morgan fingerprint density at radius 1 is 1.00 bits per heavy atom. The molecule has 2 aliphatic heterocycles. The molecule has 0 saturated carbocycles. The van der Waals surface area contributed by atoms with Gasteiger partial charge in [-0.3, -0.25) is 5.41 Å². The summed E-state index contributed by atoms with van der Waals surface area (Å²) in [4.78, 5) is 0. The van der Waals surface area contributed by atoms with E-state index in [0.717, 1.165) is 32.1 Å². The van der Waals surface area contributed by atoms with Crippen LogP contribution in [0.1, 0.15) is 58.8 Å². The van der Waals surface area contributed by atoms with E-state index in [9.17, 15) is 15.8 Å². The van der Waals surface area contributed by atoms with Crippen molar-refractivity contribution in [2.24, 2.45) is 16.7 Å². The molecular weight excluding hydrogens is 304 g/mol. The molecule has 1 N–H and O–H groups in total. The average Bonchev–Trinajstić information content (AvgIpc) is 2.81. The number of nitriles is 3. The fourth-order valence-corrected chi connectivity index (χ4v) is 3.98. The van der Waals surface area contributed by atoms with Crippen LogP contribution in [-0.4, -0.2) is 18.3 Å². The van der Waals surface area contributed by atoms with Crippen LogP contribution in [0.4, 0.5) is 0 Å². The quantitative estimate of drug-likeness (QED) is 0.716. The maximum Gasteiger partial charge on any atom is 0.207 e. The minimum Gasteiger partial charge on any atom is -0.450 e. The monoisotopic (exact) mass is 328 g/mol. The fraction of sp³-hybridized carbons (Fsp3) is 0.778. The Bertz CT molecular complexity index is 598. The SMILES string of the molecule is CCCCC[C@H]1O[C@H]2OC(=N)[C@@](C#N)([C@@H]2CCCC)C1(C#N)C#N. The summed E-state index contributed by atoms with van der Waals surface area (Å²) >= 11 is 0. The maximum absolute atomic E-state index is 9.97. The largest absolute Gasteiger partial charge is 0.450 e. The van der Waals surface area contributed by atoms with E-state index in [4.69, 9.17) is 14.9 Å². The van der Waals surface area contributed by atoms with E-state index >= 15 is 0 Å². The van der Waals surface area contributed by atoms with Crippen LogP contribution in [0.15, 0.2) is 0 Å². The number of hydrogen-bond donors (Lipinski definition) is 1. The van der Waals surface area contributed by atoms with Gasteiger partial charge in [0.05, 0.1) is 30.2 Å². The number of nitrogens with zero attached hydrogens (tertiary/aromatic N) is 3. The van der Waals surface area contributed by atoms with Gasteiger partial charge in [0.15, 0.2) is 10.8 Å². The fourth-order valence-electron chi connectivity index (χ4n) is 3.98. The number of ether oxygens (including phenoxy) is 2. The Morgan fingerprint density at radius 3 is 2.21 bits per heavy atom. The van der Waals surface area contributed by atoms with Crippen LogP contribution in [0, 0.1) is 56.2 Å². The lowest BCUT2D eigenvalue weighted by Gasteiger charge is -2.45. The molecule has 128 valence electrons. The van der Waals surface area contributed by atoms with Gasteiger partial charge in [0.25, 0.3) is 0 Å². The smallest absolute Gasteiger partial charge is 0.207 e. The molecule has 2 fully saturated rings. The predicted octanol–water partition coefficient (Wildman–Crippen LogP) is 3.65. The van der Waals surface area contributed by atoms with E-state index in [1.807, 2.05) is 6.92 Å². The van der Waals surface area contributed by atoms with Crippen molar-refractivity contribution in [1.82, 2.24) is 0 Å². The van der Waals surface area contributed by atoms with Crippen LogP contribution >= 0.6 is 0 Å². The molecule has 6 heteroatoms. The van der Waals surface area contributed by atoms with Gasteiger partial charge >= 0.3 is 0 Å². The van der Waals surface area contributed by atoms with Gasteiger partial charge in [0, 0.05) is 0 Å². The zero-order chi connectivity index (χ0) is 17.8. The molecular formula is C18H24N4O2. The lowest BCUT2D eigenvalue weighted by atomic mass is 9.54. The zero-order valence-electron chi connectivity index (χ0n) is 14.3. The molecule has 0 aromatic carbocycles. The molecule has 6 nitrogen and oxygen atoms in total. The summed E-state index contributed by atoms with van der Waals surface area (Å²) in [5, 5.41) is 38.0. The minimum atomic E-state index is -1.70. The summed E-state index contributed by atoms with van der Waals surface area (Å²) in [6.45, 7) is 4.11. The highest BCUT2D eigenvalue weighted by Crippen LogP contribution is 2.60. The van der Waals surface area contributed by atoms with Crippen molar-refractivity contribution in [2.75, 3.05) is 0 Å². The number of rotatable bonds is 7. The maximum atomic E-state index is 9.97. The Labute approximate surface area is 143 Å². The highest BCUT2D eigenvalue weighted by atomic mass is 16.7. The molecule has 2 saturated heterocycles. The van der Waals surface area contributed by atoms with Gasteiger partial charge < -0.3 is 9.47 Å². The summed E-state index contributed by atoms with van der Waals surface area (Å²) in [6, 6.07) is 6.30. The van der Waals surface area contributed by atoms with Gasteiger partial charge in [-0.15, -0.1) is 0 Å². The first-order valence-electron chi connectivity index (χ1n) is 8.72. The van der Waals surface area contributed by atoms with Crippen molar-refractivity contribution < 1.29 is 9.47 Å². The molecule has 2 rings (SSSR count). The molecule has 0 aromatic heterocycles. The molecule has 0 aromatic rings. The van der Waals surface area contributed by atoms with E-state index in [1.54, 1.807) is 0 Å². The van der Waals surface area contributed by atoms with Crippen LogP contribution in [0.3, 0.4) is 0 Å². The Balaban J connectivity index is 2.48. The van der Waals surface area contributed by atoms with Gasteiger partial charge in [-0.2, -0.15) is 15.8 Å². The number of unbranched alkanes of at least 4 members (excludes halogenated alkanes) is 3. The van der Waals surface area contributed by atoms with E-state index < -0.39 is 29.1 Å². The van der Waals surface area contributed by atoms with Crippen molar-refractivity contribution in [3.8, 4) is 18.2 Å². The zero-order valence-corrected chi connectivity index (χ0v) is 14.3. The lowest BCUT2D eigenvalue weighted by molar-refractivity contribution is -0.203. The Morgan fingerprint density at radius 2 is 1.67 bits per heavy atom. The van der Waals surface area contributed by atoms with Gasteiger partial charge in [-0.1, -0.05) is 46.0 Å². The molecule has 2 heterocycles. The summed E-state index contributed by atoms with van der Waals surface area (Å²) in [7, 11) is 0. The Hall–Kier alpha value is -2.10. The van der Waals surface area contributed by atoms with Crippen molar-refractivity contribution in [1.29, 1.82) is 21.2 Å². The third-order valence-corrected chi connectivity index (χ3v) is 5.35. The molecule has 0 aliphatic carbocycles. The lowest BCUT2D eigenvalue weighted by Crippen LogP contribution is -2.58. The third-order valence-electron chi connectivity index (χ3n) is 5.35. The number of hydrogen-bond acceptors (Lipinski definition) is 6. The summed E-state index contributed by atoms with van der Waals surface area (Å²) in [5.74, 6) is -0.728. The summed E-state index contributed by atoms with van der Waals surface area (Å²) < 4.78 is 11.5. The van der Waals surface area contributed by atoms with Crippen LogP contribution in [0.2, 0.25) is 0 Å². The second kappa shape index (κ2) is 7.20. The molecule has 0 spiro atoms. The molecule has 0 amide bonds. The van der Waals surface area contributed by atoms with E-state index in [0.29, 0.717) is 12.8 Å². The first kappa shape index (κ1) is 18.2. The molecule has 2 aliphatic rings. The van der Waals surface area contributed by atoms with Crippen molar-refractivity contribution in [3.05, 3.63) is 0 Å². The number of fused-ring (bicyclic) bond motifs is 2. The van der Waals surface area contributed by atoms with Gasteiger partial charge in [0.2, 0.25) is 12.2 Å². The molecule has 0 unspecified atom stereocenters. The van der Waals surface area contributed by atoms with Crippen LogP contribution in [0.5, 0.6) is 0 Å². The van der Waals surface area contributed by atoms with Gasteiger partial charge in [-0.05, 0) is 12.8 Å². The first-order valence-corrected chi connectivity index (χ1v) is 8.72. The highest BCUT2D eigenvalue weighted by molar-refractivity contribution is 5.88.